The second-order valence-corrected chi connectivity index (χ2v) is 6.51. The Morgan fingerprint density at radius 3 is 2.29 bits per heavy atom. The van der Waals surface area contributed by atoms with E-state index in [9.17, 15) is 0 Å². The van der Waals surface area contributed by atoms with Crippen molar-refractivity contribution >= 4 is 29.9 Å². The lowest BCUT2D eigenvalue weighted by Crippen LogP contribution is -2.37. The van der Waals surface area contributed by atoms with Gasteiger partial charge in [0.2, 0.25) is 0 Å². The van der Waals surface area contributed by atoms with E-state index in [1.807, 2.05) is 36.7 Å². The molecule has 0 unspecified atom stereocenters. The number of guanidine groups is 1. The van der Waals surface area contributed by atoms with Gasteiger partial charge < -0.3 is 15.2 Å². The molecule has 0 saturated heterocycles. The second kappa shape index (κ2) is 10.8. The maximum Gasteiger partial charge on any atom is 0.192 e. The first-order valence-corrected chi connectivity index (χ1v) is 9.09. The van der Waals surface area contributed by atoms with Crippen LogP contribution in [-0.2, 0) is 26.7 Å². The molecule has 2 aromatic carbocycles. The van der Waals surface area contributed by atoms with Crippen LogP contribution in [0, 0.1) is 13.8 Å². The Kier molecular flexibility index (Phi) is 8.43. The Bertz CT molecular complexity index is 904. The number of aryl methyl sites for hydroxylation is 2. The van der Waals surface area contributed by atoms with Crippen LogP contribution in [0.5, 0.6) is 0 Å². The summed E-state index contributed by atoms with van der Waals surface area (Å²) in [4.78, 5) is 4.73. The fourth-order valence-corrected chi connectivity index (χ4v) is 2.68. The summed E-state index contributed by atoms with van der Waals surface area (Å²) < 4.78 is 1.98. The van der Waals surface area contributed by atoms with E-state index in [4.69, 9.17) is 4.99 Å². The van der Waals surface area contributed by atoms with E-state index in [0.29, 0.717) is 19.6 Å². The number of aliphatic imine (C=N–C) groups is 1. The molecular weight excluding hydrogens is 463 g/mol. The number of nitrogens with zero attached hydrogens (tertiary/aromatic N) is 4. The lowest BCUT2D eigenvalue weighted by Gasteiger charge is -2.14. The van der Waals surface area contributed by atoms with E-state index in [-0.39, 0.29) is 24.0 Å². The van der Waals surface area contributed by atoms with Gasteiger partial charge in [0, 0.05) is 13.6 Å². The first kappa shape index (κ1) is 21.9. The normalized spacial score (nSPS) is 11.0. The van der Waals surface area contributed by atoms with Gasteiger partial charge in [0.05, 0.1) is 13.1 Å². The minimum atomic E-state index is 0. The van der Waals surface area contributed by atoms with Crippen LogP contribution < -0.4 is 10.6 Å². The third-order valence-electron chi connectivity index (χ3n) is 4.57. The van der Waals surface area contributed by atoms with Crippen molar-refractivity contribution in [2.24, 2.45) is 12.0 Å². The van der Waals surface area contributed by atoms with Gasteiger partial charge in [-0.05, 0) is 30.5 Å². The van der Waals surface area contributed by atoms with Crippen LogP contribution in [0.2, 0.25) is 0 Å². The highest BCUT2D eigenvalue weighted by Crippen LogP contribution is 2.06. The number of hydrogen-bond acceptors (Lipinski definition) is 3. The molecule has 7 heteroatoms. The Morgan fingerprint density at radius 2 is 1.61 bits per heavy atom. The predicted octanol–water partition coefficient (Wildman–Crippen LogP) is 3.49. The van der Waals surface area contributed by atoms with Gasteiger partial charge in [-0.1, -0.05) is 54.6 Å². The standard InChI is InChI=1S/C21H26N6.HI/c1-16-9-7-8-12-19(16)14-23-21(22-13-18-10-5-4-6-11-18)24-15-20-26-25-17(2)27(20)3;/h4-12H,13-15H2,1-3H3,(H2,22,23,24);1H. The summed E-state index contributed by atoms with van der Waals surface area (Å²) in [6.07, 6.45) is 0. The summed E-state index contributed by atoms with van der Waals surface area (Å²) in [7, 11) is 1.97. The lowest BCUT2D eigenvalue weighted by atomic mass is 10.1. The molecule has 0 aliphatic rings. The maximum absolute atomic E-state index is 4.73. The fraction of sp³-hybridized carbons (Fsp3) is 0.286. The third kappa shape index (κ3) is 6.05. The van der Waals surface area contributed by atoms with Crippen LogP contribution in [0.1, 0.15) is 28.3 Å². The largest absolute Gasteiger partial charge is 0.352 e. The summed E-state index contributed by atoms with van der Waals surface area (Å²) >= 11 is 0. The molecule has 3 aromatic rings. The topological polar surface area (TPSA) is 67.1 Å². The molecule has 0 bridgehead atoms. The smallest absolute Gasteiger partial charge is 0.192 e. The molecule has 2 N–H and O–H groups in total. The van der Waals surface area contributed by atoms with Crippen molar-refractivity contribution in [3.8, 4) is 0 Å². The van der Waals surface area contributed by atoms with Crippen molar-refractivity contribution < 1.29 is 0 Å². The molecular formula is C21H27IN6. The van der Waals surface area contributed by atoms with Crippen molar-refractivity contribution in [1.29, 1.82) is 0 Å². The van der Waals surface area contributed by atoms with E-state index in [1.54, 1.807) is 0 Å². The number of rotatable bonds is 6. The number of halogens is 1. The summed E-state index contributed by atoms with van der Waals surface area (Å²) in [5, 5.41) is 15.1. The van der Waals surface area contributed by atoms with E-state index in [2.05, 4.69) is 64.2 Å². The molecule has 0 amide bonds. The van der Waals surface area contributed by atoms with Crippen LogP contribution in [0.3, 0.4) is 0 Å². The van der Waals surface area contributed by atoms with Crippen LogP contribution in [0.15, 0.2) is 59.6 Å². The SMILES string of the molecule is Cc1ccccc1CNC(=NCc1ccccc1)NCc1nnc(C)n1C.I. The zero-order valence-corrected chi connectivity index (χ0v) is 18.8. The fourth-order valence-electron chi connectivity index (χ4n) is 2.68. The monoisotopic (exact) mass is 490 g/mol. The quantitative estimate of drug-likeness (QED) is 0.316. The average molecular weight is 490 g/mol. The summed E-state index contributed by atoms with van der Waals surface area (Å²) in [5.41, 5.74) is 3.68. The van der Waals surface area contributed by atoms with Crippen LogP contribution in [-0.4, -0.2) is 20.7 Å². The van der Waals surface area contributed by atoms with Gasteiger partial charge in [-0.2, -0.15) is 0 Å². The molecule has 1 heterocycles. The number of aromatic nitrogens is 3. The number of hydrogen-bond donors (Lipinski definition) is 2. The van der Waals surface area contributed by atoms with Crippen molar-refractivity contribution in [3.05, 3.63) is 82.9 Å². The van der Waals surface area contributed by atoms with Gasteiger partial charge in [-0.3, -0.25) is 0 Å². The lowest BCUT2D eigenvalue weighted by molar-refractivity contribution is 0.714. The highest BCUT2D eigenvalue weighted by atomic mass is 127. The Hall–Kier alpha value is -2.42. The molecule has 0 spiro atoms. The van der Waals surface area contributed by atoms with Gasteiger partial charge >= 0.3 is 0 Å². The highest BCUT2D eigenvalue weighted by molar-refractivity contribution is 14.0. The average Bonchev–Trinajstić information content (AvgIpc) is 3.01. The van der Waals surface area contributed by atoms with E-state index in [1.165, 1.54) is 16.7 Å². The Balaban J connectivity index is 0.00000280. The van der Waals surface area contributed by atoms with Crippen molar-refractivity contribution in [3.63, 3.8) is 0 Å². The van der Waals surface area contributed by atoms with Gasteiger partial charge in [0.25, 0.3) is 0 Å². The van der Waals surface area contributed by atoms with E-state index in [0.717, 1.165) is 17.6 Å². The molecule has 0 atom stereocenters. The van der Waals surface area contributed by atoms with Crippen molar-refractivity contribution in [1.82, 2.24) is 25.4 Å². The molecule has 28 heavy (non-hydrogen) atoms. The highest BCUT2D eigenvalue weighted by Gasteiger charge is 2.07. The molecule has 0 aliphatic carbocycles. The Labute approximate surface area is 183 Å². The zero-order valence-electron chi connectivity index (χ0n) is 16.5. The summed E-state index contributed by atoms with van der Waals surface area (Å²) in [6, 6.07) is 18.6. The van der Waals surface area contributed by atoms with E-state index < -0.39 is 0 Å². The third-order valence-corrected chi connectivity index (χ3v) is 4.57. The molecule has 0 aliphatic heterocycles. The first-order valence-electron chi connectivity index (χ1n) is 9.09. The molecule has 0 radical (unpaired) electrons. The zero-order chi connectivity index (χ0) is 19.1. The van der Waals surface area contributed by atoms with Gasteiger partial charge in [-0.25, -0.2) is 4.99 Å². The molecule has 1 aromatic heterocycles. The minimum Gasteiger partial charge on any atom is -0.352 e. The van der Waals surface area contributed by atoms with Gasteiger partial charge in [0.1, 0.15) is 5.82 Å². The van der Waals surface area contributed by atoms with Crippen molar-refractivity contribution in [2.75, 3.05) is 0 Å². The minimum absolute atomic E-state index is 0. The van der Waals surface area contributed by atoms with E-state index >= 15 is 0 Å². The molecule has 3 rings (SSSR count). The van der Waals surface area contributed by atoms with Crippen LogP contribution in [0.4, 0.5) is 0 Å². The predicted molar refractivity (Wildman–Crippen MR) is 124 cm³/mol. The van der Waals surface area contributed by atoms with Crippen molar-refractivity contribution in [2.45, 2.75) is 33.5 Å². The number of nitrogens with one attached hydrogen (secondary N) is 2. The molecule has 148 valence electrons. The molecule has 0 saturated carbocycles. The summed E-state index contributed by atoms with van der Waals surface area (Å²) in [6.45, 7) is 5.95. The second-order valence-electron chi connectivity index (χ2n) is 6.51. The molecule has 6 nitrogen and oxygen atoms in total. The number of benzene rings is 2. The first-order chi connectivity index (χ1) is 13.1. The van der Waals surface area contributed by atoms with Gasteiger partial charge in [0.15, 0.2) is 11.8 Å². The Morgan fingerprint density at radius 1 is 0.929 bits per heavy atom. The van der Waals surface area contributed by atoms with Gasteiger partial charge in [-0.15, -0.1) is 34.2 Å². The molecule has 0 fully saturated rings. The van der Waals surface area contributed by atoms with Crippen LogP contribution in [0.25, 0.3) is 0 Å². The summed E-state index contributed by atoms with van der Waals surface area (Å²) in [5.74, 6) is 2.52. The maximum atomic E-state index is 4.73. The van der Waals surface area contributed by atoms with Crippen LogP contribution >= 0.6 is 24.0 Å².